The molecule has 0 radical (unpaired) electrons. The van der Waals surface area contributed by atoms with Crippen LogP contribution in [0.3, 0.4) is 0 Å². The van der Waals surface area contributed by atoms with E-state index >= 15 is 0 Å². The van der Waals surface area contributed by atoms with Crippen LogP contribution in [0.25, 0.3) is 0 Å². The molecule has 1 aliphatic rings. The molecule has 1 N–H and O–H groups in total. The Morgan fingerprint density at radius 1 is 1.62 bits per heavy atom. The zero-order chi connectivity index (χ0) is 11.2. The van der Waals surface area contributed by atoms with Gasteiger partial charge in [0.15, 0.2) is 0 Å². The molecule has 2 atom stereocenters. The highest BCUT2D eigenvalue weighted by Gasteiger charge is 2.16. The Labute approximate surface area is 102 Å². The first-order chi connectivity index (χ1) is 7.88. The third kappa shape index (κ3) is 3.58. The van der Waals surface area contributed by atoms with E-state index < -0.39 is 0 Å². The van der Waals surface area contributed by atoms with Crippen LogP contribution < -0.4 is 5.32 Å². The Hall–Kier alpha value is -0.380. The van der Waals surface area contributed by atoms with Crippen molar-refractivity contribution >= 4 is 11.3 Å². The molecule has 1 aliphatic heterocycles. The van der Waals surface area contributed by atoms with Crippen molar-refractivity contribution in [3.8, 4) is 0 Å². The second kappa shape index (κ2) is 6.38. The standard InChI is InChI=1S/C13H21NOS/c1-2-11(9-13-6-4-8-16-13)14-10-12-5-3-7-15-12/h4,6,8,11-12,14H,2-3,5,7,9-10H2,1H3. The average molecular weight is 239 g/mol. The first kappa shape index (κ1) is 12.1. The van der Waals surface area contributed by atoms with E-state index in [2.05, 4.69) is 29.8 Å². The second-order valence-electron chi connectivity index (χ2n) is 4.43. The molecule has 0 bridgehead atoms. The number of hydrogen-bond donors (Lipinski definition) is 1. The predicted molar refractivity (Wildman–Crippen MR) is 69.1 cm³/mol. The van der Waals surface area contributed by atoms with Gasteiger partial charge in [-0.2, -0.15) is 0 Å². The van der Waals surface area contributed by atoms with Crippen LogP contribution in [-0.4, -0.2) is 25.3 Å². The summed E-state index contributed by atoms with van der Waals surface area (Å²) in [6, 6.07) is 4.95. The van der Waals surface area contributed by atoms with E-state index in [9.17, 15) is 0 Å². The molecule has 2 heterocycles. The van der Waals surface area contributed by atoms with E-state index in [0.717, 1.165) is 19.6 Å². The Balaban J connectivity index is 1.72. The molecule has 2 rings (SSSR count). The van der Waals surface area contributed by atoms with Crippen molar-refractivity contribution in [2.45, 2.75) is 44.8 Å². The van der Waals surface area contributed by atoms with Gasteiger partial charge < -0.3 is 10.1 Å². The highest BCUT2D eigenvalue weighted by Crippen LogP contribution is 2.14. The predicted octanol–water partition coefficient (Wildman–Crippen LogP) is 2.84. The molecule has 1 saturated heterocycles. The number of ether oxygens (including phenoxy) is 1. The first-order valence-corrected chi connectivity index (χ1v) is 7.14. The fourth-order valence-corrected chi connectivity index (χ4v) is 2.92. The Morgan fingerprint density at radius 2 is 2.56 bits per heavy atom. The van der Waals surface area contributed by atoms with Crippen molar-refractivity contribution in [1.29, 1.82) is 0 Å². The quantitative estimate of drug-likeness (QED) is 0.824. The molecule has 2 unspecified atom stereocenters. The minimum atomic E-state index is 0.456. The SMILES string of the molecule is CCC(Cc1cccs1)NCC1CCCO1. The lowest BCUT2D eigenvalue weighted by atomic mass is 10.1. The van der Waals surface area contributed by atoms with Gasteiger partial charge in [0.1, 0.15) is 0 Å². The fraction of sp³-hybridized carbons (Fsp3) is 0.692. The van der Waals surface area contributed by atoms with Crippen molar-refractivity contribution in [2.75, 3.05) is 13.2 Å². The smallest absolute Gasteiger partial charge is 0.0700 e. The summed E-state index contributed by atoms with van der Waals surface area (Å²) < 4.78 is 5.62. The molecule has 0 saturated carbocycles. The van der Waals surface area contributed by atoms with E-state index in [-0.39, 0.29) is 0 Å². The van der Waals surface area contributed by atoms with Gasteiger partial charge in [-0.25, -0.2) is 0 Å². The molecule has 0 aromatic carbocycles. The molecule has 0 aliphatic carbocycles. The second-order valence-corrected chi connectivity index (χ2v) is 5.46. The summed E-state index contributed by atoms with van der Waals surface area (Å²) in [6.45, 7) is 4.22. The van der Waals surface area contributed by atoms with Gasteiger partial charge in [-0.05, 0) is 37.1 Å². The van der Waals surface area contributed by atoms with Gasteiger partial charge in [-0.3, -0.25) is 0 Å². The van der Waals surface area contributed by atoms with Gasteiger partial charge in [0.05, 0.1) is 6.10 Å². The van der Waals surface area contributed by atoms with Crippen LogP contribution in [0.15, 0.2) is 17.5 Å². The lowest BCUT2D eigenvalue weighted by Crippen LogP contribution is -2.36. The van der Waals surface area contributed by atoms with E-state index in [0.29, 0.717) is 12.1 Å². The van der Waals surface area contributed by atoms with Crippen LogP contribution in [0.5, 0.6) is 0 Å². The lowest BCUT2D eigenvalue weighted by molar-refractivity contribution is 0.107. The topological polar surface area (TPSA) is 21.3 Å². The third-order valence-electron chi connectivity index (χ3n) is 3.18. The van der Waals surface area contributed by atoms with E-state index in [1.807, 2.05) is 11.3 Å². The first-order valence-electron chi connectivity index (χ1n) is 6.26. The van der Waals surface area contributed by atoms with Crippen LogP contribution >= 0.6 is 11.3 Å². The number of rotatable bonds is 6. The molecule has 16 heavy (non-hydrogen) atoms. The van der Waals surface area contributed by atoms with Crippen LogP contribution in [0, 0.1) is 0 Å². The summed E-state index contributed by atoms with van der Waals surface area (Å²) in [7, 11) is 0. The zero-order valence-corrected chi connectivity index (χ0v) is 10.8. The highest BCUT2D eigenvalue weighted by molar-refractivity contribution is 7.09. The van der Waals surface area contributed by atoms with Crippen LogP contribution in [0.4, 0.5) is 0 Å². The summed E-state index contributed by atoms with van der Waals surface area (Å²) >= 11 is 1.85. The highest BCUT2D eigenvalue weighted by atomic mass is 32.1. The maximum atomic E-state index is 5.62. The van der Waals surface area contributed by atoms with Gasteiger partial charge in [-0.1, -0.05) is 13.0 Å². The maximum absolute atomic E-state index is 5.62. The van der Waals surface area contributed by atoms with Gasteiger partial charge in [0.2, 0.25) is 0 Å². The summed E-state index contributed by atoms with van der Waals surface area (Å²) in [5.41, 5.74) is 0. The van der Waals surface area contributed by atoms with Crippen molar-refractivity contribution in [2.24, 2.45) is 0 Å². The Bertz CT molecular complexity index is 280. The molecule has 0 amide bonds. The molecule has 3 heteroatoms. The summed E-state index contributed by atoms with van der Waals surface area (Å²) in [6.07, 6.45) is 5.25. The van der Waals surface area contributed by atoms with E-state index in [1.54, 1.807) is 0 Å². The van der Waals surface area contributed by atoms with E-state index in [4.69, 9.17) is 4.74 Å². The van der Waals surface area contributed by atoms with Crippen LogP contribution in [0.2, 0.25) is 0 Å². The molecular formula is C13H21NOS. The number of hydrogen-bond acceptors (Lipinski definition) is 3. The molecule has 1 aromatic heterocycles. The van der Waals surface area contributed by atoms with Crippen molar-refractivity contribution in [3.63, 3.8) is 0 Å². The van der Waals surface area contributed by atoms with Crippen LogP contribution in [-0.2, 0) is 11.2 Å². The monoisotopic (exact) mass is 239 g/mol. The minimum absolute atomic E-state index is 0.456. The molecule has 1 fully saturated rings. The summed E-state index contributed by atoms with van der Waals surface area (Å²) in [4.78, 5) is 1.48. The number of thiophene rings is 1. The molecular weight excluding hydrogens is 218 g/mol. The van der Waals surface area contributed by atoms with Crippen molar-refractivity contribution in [3.05, 3.63) is 22.4 Å². The summed E-state index contributed by atoms with van der Waals surface area (Å²) in [5, 5.41) is 5.79. The van der Waals surface area contributed by atoms with Gasteiger partial charge >= 0.3 is 0 Å². The van der Waals surface area contributed by atoms with Gasteiger partial charge in [0.25, 0.3) is 0 Å². The lowest BCUT2D eigenvalue weighted by Gasteiger charge is -2.18. The molecule has 0 spiro atoms. The minimum Gasteiger partial charge on any atom is -0.377 e. The third-order valence-corrected chi connectivity index (χ3v) is 4.08. The van der Waals surface area contributed by atoms with Crippen molar-refractivity contribution < 1.29 is 4.74 Å². The number of nitrogens with one attached hydrogen (secondary N) is 1. The molecule has 90 valence electrons. The van der Waals surface area contributed by atoms with Gasteiger partial charge in [-0.15, -0.1) is 11.3 Å². The largest absolute Gasteiger partial charge is 0.377 e. The normalized spacial score (nSPS) is 22.4. The fourth-order valence-electron chi connectivity index (χ4n) is 2.14. The van der Waals surface area contributed by atoms with Gasteiger partial charge in [0, 0.05) is 24.1 Å². The molecule has 1 aromatic rings. The van der Waals surface area contributed by atoms with Crippen molar-refractivity contribution in [1.82, 2.24) is 5.32 Å². The maximum Gasteiger partial charge on any atom is 0.0700 e. The Kier molecular flexibility index (Phi) is 4.82. The Morgan fingerprint density at radius 3 is 3.19 bits per heavy atom. The average Bonchev–Trinajstić information content (AvgIpc) is 2.97. The molecule has 2 nitrogen and oxygen atoms in total. The zero-order valence-electron chi connectivity index (χ0n) is 9.95. The van der Waals surface area contributed by atoms with E-state index in [1.165, 1.54) is 24.1 Å². The summed E-state index contributed by atoms with van der Waals surface area (Å²) in [5.74, 6) is 0. The van der Waals surface area contributed by atoms with Crippen LogP contribution in [0.1, 0.15) is 31.1 Å².